The van der Waals surface area contributed by atoms with Crippen LogP contribution in [0.25, 0.3) is 0 Å². The Labute approximate surface area is 95.3 Å². The third-order valence-corrected chi connectivity index (χ3v) is 4.04. The lowest BCUT2D eigenvalue weighted by atomic mass is 9.79. The monoisotopic (exact) mass is 243 g/mol. The van der Waals surface area contributed by atoms with E-state index in [1.54, 1.807) is 13.8 Å². The van der Waals surface area contributed by atoms with Crippen LogP contribution in [0.3, 0.4) is 0 Å². The van der Waals surface area contributed by atoms with Crippen molar-refractivity contribution in [1.82, 2.24) is 4.72 Å². The van der Waals surface area contributed by atoms with E-state index in [0.717, 1.165) is 0 Å². The quantitative estimate of drug-likeness (QED) is 0.587. The van der Waals surface area contributed by atoms with Crippen LogP contribution >= 0.6 is 0 Å². The molecule has 0 aliphatic carbocycles. The van der Waals surface area contributed by atoms with Gasteiger partial charge in [-0.25, -0.2) is 13.1 Å². The third kappa shape index (κ3) is 2.44. The maximum Gasteiger partial charge on any atom is 0.488 e. The number of nitrogens with one attached hydrogen (secondary N) is 1. The second-order valence-corrected chi connectivity index (χ2v) is 5.39. The van der Waals surface area contributed by atoms with E-state index < -0.39 is 17.1 Å². The number of benzene rings is 1. The van der Waals surface area contributed by atoms with E-state index in [4.69, 9.17) is 10.0 Å². The summed E-state index contributed by atoms with van der Waals surface area (Å²) in [4.78, 5) is 0.180. The normalized spacial score (nSPS) is 11.6. The van der Waals surface area contributed by atoms with Gasteiger partial charge in [-0.15, -0.1) is 0 Å². The van der Waals surface area contributed by atoms with Crippen LogP contribution in [0.4, 0.5) is 0 Å². The average molecular weight is 243 g/mol. The van der Waals surface area contributed by atoms with Crippen LogP contribution < -0.4 is 10.2 Å². The van der Waals surface area contributed by atoms with Crippen LogP contribution in [0.2, 0.25) is 0 Å². The van der Waals surface area contributed by atoms with E-state index in [2.05, 4.69) is 4.72 Å². The summed E-state index contributed by atoms with van der Waals surface area (Å²) >= 11 is 0. The minimum atomic E-state index is -3.52. The molecule has 7 heteroatoms. The Morgan fingerprint density at radius 2 is 1.62 bits per heavy atom. The summed E-state index contributed by atoms with van der Waals surface area (Å²) in [6.07, 6.45) is 0. The summed E-state index contributed by atoms with van der Waals surface area (Å²) in [5, 5.41) is 18.0. The smallest absolute Gasteiger partial charge is 0.423 e. The molecule has 0 spiro atoms. The van der Waals surface area contributed by atoms with Gasteiger partial charge in [-0.3, -0.25) is 0 Å². The van der Waals surface area contributed by atoms with Crippen molar-refractivity contribution >= 4 is 22.6 Å². The van der Waals surface area contributed by atoms with Gasteiger partial charge in [0.2, 0.25) is 10.0 Å². The molecule has 5 nitrogen and oxygen atoms in total. The fourth-order valence-corrected chi connectivity index (χ4v) is 2.83. The van der Waals surface area contributed by atoms with Crippen molar-refractivity contribution < 1.29 is 18.5 Å². The Hall–Kier alpha value is -0.885. The van der Waals surface area contributed by atoms with Gasteiger partial charge >= 0.3 is 7.12 Å². The standard InChI is InChI=1S/C9H14BNO4S/c1-6-4-8(10(12)13)5-7(2)9(6)16(14,15)11-3/h4-5,11-13H,1-3H3. The minimum Gasteiger partial charge on any atom is -0.423 e. The maximum atomic E-state index is 11.7. The fourth-order valence-electron chi connectivity index (χ4n) is 1.66. The topological polar surface area (TPSA) is 86.6 Å². The molecule has 0 aromatic heterocycles. The van der Waals surface area contributed by atoms with E-state index in [-0.39, 0.29) is 10.4 Å². The molecule has 0 fully saturated rings. The molecule has 0 aliphatic heterocycles. The zero-order valence-corrected chi connectivity index (χ0v) is 10.2. The highest BCUT2D eigenvalue weighted by molar-refractivity contribution is 7.89. The van der Waals surface area contributed by atoms with Gasteiger partial charge in [-0.2, -0.15) is 0 Å². The summed E-state index contributed by atoms with van der Waals surface area (Å²) in [5.74, 6) is 0. The van der Waals surface area contributed by atoms with Crippen molar-refractivity contribution in [2.24, 2.45) is 0 Å². The van der Waals surface area contributed by atoms with Crippen molar-refractivity contribution in [3.63, 3.8) is 0 Å². The van der Waals surface area contributed by atoms with Crippen LogP contribution in [0, 0.1) is 13.8 Å². The first kappa shape index (κ1) is 13.2. The van der Waals surface area contributed by atoms with Gasteiger partial charge < -0.3 is 10.0 Å². The molecule has 0 saturated heterocycles. The SMILES string of the molecule is CNS(=O)(=O)c1c(C)cc(B(O)O)cc1C. The highest BCUT2D eigenvalue weighted by Gasteiger charge is 2.21. The van der Waals surface area contributed by atoms with Crippen LogP contribution in [0.5, 0.6) is 0 Å². The second kappa shape index (κ2) is 4.54. The van der Waals surface area contributed by atoms with Gasteiger partial charge in [0.05, 0.1) is 4.90 Å². The first-order chi connectivity index (χ1) is 7.29. The summed E-state index contributed by atoms with van der Waals surface area (Å²) in [7, 11) is -3.77. The van der Waals surface area contributed by atoms with Gasteiger partial charge in [-0.05, 0) is 37.5 Å². The highest BCUT2D eigenvalue weighted by atomic mass is 32.2. The van der Waals surface area contributed by atoms with Crippen LogP contribution in [-0.4, -0.2) is 32.6 Å². The predicted molar refractivity (Wildman–Crippen MR) is 62.0 cm³/mol. The highest BCUT2D eigenvalue weighted by Crippen LogP contribution is 2.18. The predicted octanol–water partition coefficient (Wildman–Crippen LogP) is -1.11. The lowest BCUT2D eigenvalue weighted by molar-refractivity contribution is 0.425. The van der Waals surface area contributed by atoms with Gasteiger partial charge in [-0.1, -0.05) is 12.1 Å². The van der Waals surface area contributed by atoms with Crippen LogP contribution in [0.15, 0.2) is 17.0 Å². The Balaban J connectivity index is 3.46. The summed E-state index contributed by atoms with van der Waals surface area (Å²) in [6, 6.07) is 2.89. The molecule has 0 radical (unpaired) electrons. The summed E-state index contributed by atoms with van der Waals surface area (Å²) < 4.78 is 25.6. The molecule has 1 aromatic rings. The van der Waals surface area contributed by atoms with Gasteiger partial charge in [0, 0.05) is 0 Å². The van der Waals surface area contributed by atoms with E-state index >= 15 is 0 Å². The van der Waals surface area contributed by atoms with Crippen molar-refractivity contribution in [1.29, 1.82) is 0 Å². The molecular formula is C9H14BNO4S. The Morgan fingerprint density at radius 3 is 1.94 bits per heavy atom. The van der Waals surface area contributed by atoms with E-state index in [1.807, 2.05) is 0 Å². The van der Waals surface area contributed by atoms with Crippen LogP contribution in [-0.2, 0) is 10.0 Å². The summed E-state index contributed by atoms with van der Waals surface area (Å²) in [5.41, 5.74) is 1.25. The molecule has 0 heterocycles. The lowest BCUT2D eigenvalue weighted by Gasteiger charge is -2.12. The minimum absolute atomic E-state index is 0.180. The Kier molecular flexibility index (Phi) is 3.74. The molecule has 3 N–H and O–H groups in total. The molecule has 0 amide bonds. The largest absolute Gasteiger partial charge is 0.488 e. The Morgan fingerprint density at radius 1 is 1.19 bits per heavy atom. The number of rotatable bonds is 3. The molecule has 0 aliphatic rings. The van der Waals surface area contributed by atoms with Crippen molar-refractivity contribution in [3.05, 3.63) is 23.3 Å². The van der Waals surface area contributed by atoms with Gasteiger partial charge in [0.1, 0.15) is 0 Å². The second-order valence-electron chi connectivity index (χ2n) is 3.57. The first-order valence-corrected chi connectivity index (χ1v) is 6.18. The van der Waals surface area contributed by atoms with E-state index in [9.17, 15) is 8.42 Å². The molecule has 1 aromatic carbocycles. The lowest BCUT2D eigenvalue weighted by Crippen LogP contribution is -2.31. The third-order valence-electron chi connectivity index (χ3n) is 2.32. The van der Waals surface area contributed by atoms with Crippen LogP contribution in [0.1, 0.15) is 11.1 Å². The first-order valence-electron chi connectivity index (χ1n) is 4.70. The zero-order valence-electron chi connectivity index (χ0n) is 9.35. The molecule has 1 rings (SSSR count). The number of hydrogen-bond acceptors (Lipinski definition) is 4. The fraction of sp³-hybridized carbons (Fsp3) is 0.333. The number of sulfonamides is 1. The van der Waals surface area contributed by atoms with Gasteiger partial charge in [0.25, 0.3) is 0 Å². The van der Waals surface area contributed by atoms with Crippen molar-refractivity contribution in [2.75, 3.05) is 7.05 Å². The molecule has 0 atom stereocenters. The molecule has 0 saturated carbocycles. The summed E-state index contributed by atoms with van der Waals surface area (Å²) in [6.45, 7) is 3.23. The maximum absolute atomic E-state index is 11.7. The van der Waals surface area contributed by atoms with E-state index in [1.165, 1.54) is 19.2 Å². The van der Waals surface area contributed by atoms with Crippen molar-refractivity contribution in [3.8, 4) is 0 Å². The molecule has 0 bridgehead atoms. The molecule has 88 valence electrons. The average Bonchev–Trinajstić information content (AvgIpc) is 2.16. The van der Waals surface area contributed by atoms with Crippen molar-refractivity contribution in [2.45, 2.75) is 18.7 Å². The molecular weight excluding hydrogens is 229 g/mol. The molecule has 0 unspecified atom stereocenters. The van der Waals surface area contributed by atoms with E-state index in [0.29, 0.717) is 11.1 Å². The molecule has 16 heavy (non-hydrogen) atoms. The zero-order chi connectivity index (χ0) is 12.5. The number of hydrogen-bond donors (Lipinski definition) is 3. The van der Waals surface area contributed by atoms with Gasteiger partial charge in [0.15, 0.2) is 0 Å². The Bertz CT molecular complexity index is 475. The number of aryl methyl sites for hydroxylation is 2.